The number of piperidine rings is 1. The number of carbonyl (C=O) groups is 2. The first-order valence-electron chi connectivity index (χ1n) is 8.12. The van der Waals surface area contributed by atoms with Crippen LogP contribution in [0.2, 0.25) is 0 Å². The topological polar surface area (TPSA) is 62.3 Å². The first-order chi connectivity index (χ1) is 11.5. The summed E-state index contributed by atoms with van der Waals surface area (Å²) in [5.41, 5.74) is 3.13. The molecule has 0 unspecified atom stereocenters. The monoisotopic (exact) mass is 343 g/mol. The fourth-order valence-corrected chi connectivity index (χ4v) is 3.57. The van der Waals surface area contributed by atoms with Crippen molar-refractivity contribution in [1.29, 1.82) is 0 Å². The van der Waals surface area contributed by atoms with E-state index in [2.05, 4.69) is 22.4 Å². The summed E-state index contributed by atoms with van der Waals surface area (Å²) in [7, 11) is 0. The first kappa shape index (κ1) is 16.6. The molecule has 0 atom stereocenters. The van der Waals surface area contributed by atoms with Crippen molar-refractivity contribution in [3.63, 3.8) is 0 Å². The van der Waals surface area contributed by atoms with Gasteiger partial charge < -0.3 is 10.2 Å². The fraction of sp³-hybridized carbons (Fsp3) is 0.389. The van der Waals surface area contributed by atoms with Crippen LogP contribution in [0.25, 0.3) is 11.3 Å². The number of amides is 2. The van der Waals surface area contributed by atoms with Crippen molar-refractivity contribution in [2.75, 3.05) is 18.4 Å². The van der Waals surface area contributed by atoms with Crippen molar-refractivity contribution < 1.29 is 9.59 Å². The van der Waals surface area contributed by atoms with Gasteiger partial charge in [0.15, 0.2) is 5.13 Å². The van der Waals surface area contributed by atoms with Crippen molar-refractivity contribution in [3.8, 4) is 11.3 Å². The Morgan fingerprint density at radius 3 is 2.50 bits per heavy atom. The molecule has 6 heteroatoms. The van der Waals surface area contributed by atoms with Gasteiger partial charge in [0.25, 0.3) is 0 Å². The van der Waals surface area contributed by atoms with Gasteiger partial charge in [-0.1, -0.05) is 29.8 Å². The molecule has 24 heavy (non-hydrogen) atoms. The van der Waals surface area contributed by atoms with E-state index in [1.165, 1.54) is 16.9 Å². The van der Waals surface area contributed by atoms with Crippen molar-refractivity contribution >= 4 is 28.3 Å². The predicted molar refractivity (Wildman–Crippen MR) is 95.9 cm³/mol. The normalized spacial score (nSPS) is 15.3. The van der Waals surface area contributed by atoms with Crippen LogP contribution in [-0.4, -0.2) is 34.8 Å². The van der Waals surface area contributed by atoms with E-state index in [-0.39, 0.29) is 17.7 Å². The third-order valence-electron chi connectivity index (χ3n) is 4.39. The third kappa shape index (κ3) is 3.82. The maximum absolute atomic E-state index is 12.4. The molecule has 0 saturated carbocycles. The Morgan fingerprint density at radius 2 is 1.88 bits per heavy atom. The summed E-state index contributed by atoms with van der Waals surface area (Å²) in [4.78, 5) is 30.0. The number of nitrogens with one attached hydrogen (secondary N) is 1. The van der Waals surface area contributed by atoms with Crippen LogP contribution in [0.5, 0.6) is 0 Å². The Hall–Kier alpha value is -2.21. The van der Waals surface area contributed by atoms with Crippen LogP contribution in [0.15, 0.2) is 29.6 Å². The van der Waals surface area contributed by atoms with Gasteiger partial charge in [-0.2, -0.15) is 0 Å². The molecule has 1 saturated heterocycles. The molecule has 3 rings (SSSR count). The Labute approximate surface area is 145 Å². The van der Waals surface area contributed by atoms with Gasteiger partial charge in [-0.25, -0.2) is 4.98 Å². The van der Waals surface area contributed by atoms with Gasteiger partial charge in [-0.05, 0) is 19.8 Å². The third-order valence-corrected chi connectivity index (χ3v) is 5.15. The second-order valence-corrected chi connectivity index (χ2v) is 7.03. The van der Waals surface area contributed by atoms with E-state index in [1.807, 2.05) is 24.4 Å². The number of hydrogen-bond acceptors (Lipinski definition) is 4. The lowest BCUT2D eigenvalue weighted by molar-refractivity contribution is -0.132. The maximum atomic E-state index is 12.4. The van der Waals surface area contributed by atoms with Crippen molar-refractivity contribution in [1.82, 2.24) is 9.88 Å². The summed E-state index contributed by atoms with van der Waals surface area (Å²) in [5, 5.41) is 5.51. The summed E-state index contributed by atoms with van der Waals surface area (Å²) < 4.78 is 0. The number of aryl methyl sites for hydroxylation is 1. The number of nitrogens with zero attached hydrogens (tertiary/aromatic N) is 2. The van der Waals surface area contributed by atoms with Gasteiger partial charge in [0.1, 0.15) is 0 Å². The van der Waals surface area contributed by atoms with Crippen LogP contribution in [0.4, 0.5) is 5.13 Å². The number of anilines is 1. The maximum Gasteiger partial charge on any atom is 0.229 e. The van der Waals surface area contributed by atoms with Crippen molar-refractivity contribution in [2.24, 2.45) is 5.92 Å². The molecule has 2 amide bonds. The SMILES string of the molecule is CC(=O)N1CCC(C(=O)Nc2nc(-c3ccc(C)cc3)cs2)CC1. The highest BCUT2D eigenvalue weighted by atomic mass is 32.1. The summed E-state index contributed by atoms with van der Waals surface area (Å²) in [6.45, 7) is 4.93. The smallest absolute Gasteiger partial charge is 0.229 e. The van der Waals surface area contributed by atoms with E-state index in [4.69, 9.17) is 0 Å². The van der Waals surface area contributed by atoms with Crippen molar-refractivity contribution in [2.45, 2.75) is 26.7 Å². The van der Waals surface area contributed by atoms with E-state index >= 15 is 0 Å². The van der Waals surface area contributed by atoms with E-state index in [0.717, 1.165) is 11.3 Å². The highest BCUT2D eigenvalue weighted by molar-refractivity contribution is 7.14. The lowest BCUT2D eigenvalue weighted by Crippen LogP contribution is -2.40. The van der Waals surface area contributed by atoms with Gasteiger partial charge in [0, 0.05) is 36.9 Å². The largest absolute Gasteiger partial charge is 0.343 e. The van der Waals surface area contributed by atoms with Gasteiger partial charge in [0.2, 0.25) is 11.8 Å². The fourth-order valence-electron chi connectivity index (χ4n) is 2.85. The molecular weight excluding hydrogens is 322 g/mol. The van der Waals surface area contributed by atoms with Gasteiger partial charge in [-0.15, -0.1) is 11.3 Å². The number of benzene rings is 1. The van der Waals surface area contributed by atoms with Crippen LogP contribution in [-0.2, 0) is 9.59 Å². The Kier molecular flexibility index (Phi) is 4.94. The predicted octanol–water partition coefficient (Wildman–Crippen LogP) is 3.32. The molecule has 0 radical (unpaired) electrons. The zero-order valence-corrected chi connectivity index (χ0v) is 14.7. The zero-order chi connectivity index (χ0) is 17.1. The highest BCUT2D eigenvalue weighted by Crippen LogP contribution is 2.26. The second kappa shape index (κ2) is 7.13. The van der Waals surface area contributed by atoms with Crippen LogP contribution >= 0.6 is 11.3 Å². The molecule has 0 aliphatic carbocycles. The second-order valence-electron chi connectivity index (χ2n) is 6.17. The van der Waals surface area contributed by atoms with Crippen LogP contribution in [0.1, 0.15) is 25.3 Å². The molecule has 1 aromatic heterocycles. The average Bonchev–Trinajstić information content (AvgIpc) is 3.04. The van der Waals surface area contributed by atoms with E-state index < -0.39 is 0 Å². The molecule has 2 heterocycles. The summed E-state index contributed by atoms with van der Waals surface area (Å²) in [5.74, 6) is 0.0341. The minimum Gasteiger partial charge on any atom is -0.343 e. The summed E-state index contributed by atoms with van der Waals surface area (Å²) >= 11 is 1.44. The Morgan fingerprint density at radius 1 is 1.21 bits per heavy atom. The quantitative estimate of drug-likeness (QED) is 0.930. The van der Waals surface area contributed by atoms with Crippen LogP contribution in [0, 0.1) is 12.8 Å². The number of thiazole rings is 1. The lowest BCUT2D eigenvalue weighted by Gasteiger charge is -2.30. The number of aromatic nitrogens is 1. The molecule has 5 nitrogen and oxygen atoms in total. The van der Waals surface area contributed by atoms with Crippen LogP contribution in [0.3, 0.4) is 0 Å². The van der Waals surface area contributed by atoms with Gasteiger partial charge in [0.05, 0.1) is 5.69 Å². The molecule has 1 aliphatic heterocycles. The molecule has 0 spiro atoms. The Bertz CT molecular complexity index is 731. The Balaban J connectivity index is 1.59. The number of carbonyl (C=O) groups excluding carboxylic acids is 2. The van der Waals surface area contributed by atoms with Gasteiger partial charge in [-0.3, -0.25) is 9.59 Å². The summed E-state index contributed by atoms with van der Waals surface area (Å²) in [6, 6.07) is 8.17. The van der Waals surface area contributed by atoms with E-state index in [0.29, 0.717) is 31.1 Å². The van der Waals surface area contributed by atoms with E-state index in [9.17, 15) is 9.59 Å². The molecule has 126 valence electrons. The molecule has 1 aromatic carbocycles. The van der Waals surface area contributed by atoms with E-state index in [1.54, 1.807) is 11.8 Å². The van der Waals surface area contributed by atoms with Crippen molar-refractivity contribution in [3.05, 3.63) is 35.2 Å². The number of likely N-dealkylation sites (tertiary alicyclic amines) is 1. The highest BCUT2D eigenvalue weighted by Gasteiger charge is 2.26. The molecular formula is C18H21N3O2S. The van der Waals surface area contributed by atoms with Crippen LogP contribution < -0.4 is 5.32 Å². The molecule has 2 aromatic rings. The zero-order valence-electron chi connectivity index (χ0n) is 13.9. The summed E-state index contributed by atoms with van der Waals surface area (Å²) in [6.07, 6.45) is 1.42. The molecule has 1 fully saturated rings. The number of hydrogen-bond donors (Lipinski definition) is 1. The lowest BCUT2D eigenvalue weighted by atomic mass is 9.96. The minimum absolute atomic E-state index is 0.00279. The molecule has 0 bridgehead atoms. The first-order valence-corrected chi connectivity index (χ1v) is 9.00. The average molecular weight is 343 g/mol. The number of rotatable bonds is 3. The minimum atomic E-state index is -0.0488. The standard InChI is InChI=1S/C18H21N3O2S/c1-12-3-5-14(6-4-12)16-11-24-18(19-16)20-17(23)15-7-9-21(10-8-15)13(2)22/h3-6,11,15H,7-10H2,1-2H3,(H,19,20,23). The van der Waals surface area contributed by atoms with Gasteiger partial charge >= 0.3 is 0 Å². The molecule has 1 aliphatic rings. The molecule has 1 N–H and O–H groups in total.